The number of hydrogen-bond donors (Lipinski definition) is 3. The second-order valence-electron chi connectivity index (χ2n) is 7.74. The molecule has 1 aromatic carbocycles. The summed E-state index contributed by atoms with van der Waals surface area (Å²) in [7, 11) is 0. The van der Waals surface area contributed by atoms with E-state index in [1.54, 1.807) is 11.1 Å². The van der Waals surface area contributed by atoms with Crippen LogP contribution in [0.25, 0.3) is 0 Å². The van der Waals surface area contributed by atoms with Crippen LogP contribution in [0.3, 0.4) is 0 Å². The fourth-order valence-corrected chi connectivity index (χ4v) is 3.97. The molecule has 8 heteroatoms. The average Bonchev–Trinajstić information content (AvgIpc) is 3.18. The van der Waals surface area contributed by atoms with Crippen molar-refractivity contribution in [3.8, 4) is 0 Å². The number of fused-ring (bicyclic) bond motifs is 2. The zero-order chi connectivity index (χ0) is 20.9. The van der Waals surface area contributed by atoms with E-state index in [2.05, 4.69) is 34.6 Å². The van der Waals surface area contributed by atoms with Gasteiger partial charge in [-0.25, -0.2) is 14.8 Å². The summed E-state index contributed by atoms with van der Waals surface area (Å²) < 4.78 is 5.30. The molecule has 1 aromatic heterocycles. The lowest BCUT2D eigenvalue weighted by atomic mass is 10.1. The van der Waals surface area contributed by atoms with Crippen molar-refractivity contribution < 1.29 is 9.53 Å². The number of amides is 1. The molecule has 0 spiro atoms. The van der Waals surface area contributed by atoms with E-state index in [9.17, 15) is 4.79 Å². The summed E-state index contributed by atoms with van der Waals surface area (Å²) in [4.78, 5) is 23.1. The third-order valence-corrected chi connectivity index (χ3v) is 5.57. The van der Waals surface area contributed by atoms with Crippen molar-refractivity contribution in [2.24, 2.45) is 0 Å². The van der Waals surface area contributed by atoms with Crippen molar-refractivity contribution in [3.63, 3.8) is 0 Å². The molecule has 1 aliphatic heterocycles. The molecule has 0 saturated carbocycles. The number of nitrogens with zero attached hydrogens (tertiary/aromatic N) is 3. The standard InChI is InChI=1S/C22H26N6O2/c23-12-18(24)6-3-9-30-22(29)28-8-7-20-17(14-28)13-25-21(27-20)26-19-10-15-4-1-2-5-16(15)11-19/h1-2,4-5,12-13,19,23-24H,3,6-11,14H2,(H,25,26,27). The Morgan fingerprint density at radius 2 is 2.03 bits per heavy atom. The minimum atomic E-state index is -0.354. The van der Waals surface area contributed by atoms with Gasteiger partial charge in [0.05, 0.1) is 18.8 Å². The van der Waals surface area contributed by atoms with Crippen molar-refractivity contribution in [2.45, 2.75) is 44.7 Å². The van der Waals surface area contributed by atoms with Crippen LogP contribution in [0.2, 0.25) is 0 Å². The van der Waals surface area contributed by atoms with Gasteiger partial charge in [0.2, 0.25) is 5.95 Å². The van der Waals surface area contributed by atoms with Crippen LogP contribution >= 0.6 is 0 Å². The van der Waals surface area contributed by atoms with Gasteiger partial charge in [-0.05, 0) is 36.8 Å². The Balaban J connectivity index is 1.29. The highest BCUT2D eigenvalue weighted by Gasteiger charge is 2.25. The molecule has 8 nitrogen and oxygen atoms in total. The Morgan fingerprint density at radius 1 is 1.27 bits per heavy atom. The molecule has 3 N–H and O–H groups in total. The minimum Gasteiger partial charge on any atom is -0.449 e. The second kappa shape index (κ2) is 9.02. The van der Waals surface area contributed by atoms with Crippen molar-refractivity contribution >= 4 is 24.0 Å². The van der Waals surface area contributed by atoms with Gasteiger partial charge in [-0.1, -0.05) is 24.3 Å². The van der Waals surface area contributed by atoms with Crippen LogP contribution < -0.4 is 5.32 Å². The Bertz CT molecular complexity index is 935. The lowest BCUT2D eigenvalue weighted by molar-refractivity contribution is 0.0969. The summed E-state index contributed by atoms with van der Waals surface area (Å²) in [5.41, 5.74) is 4.94. The van der Waals surface area contributed by atoms with Crippen LogP contribution in [0.5, 0.6) is 0 Å². The molecule has 1 amide bonds. The fourth-order valence-electron chi connectivity index (χ4n) is 3.97. The second-order valence-corrected chi connectivity index (χ2v) is 7.74. The summed E-state index contributed by atoms with van der Waals surface area (Å²) in [6.07, 6.45) is 6.09. The Kier molecular flexibility index (Phi) is 6.02. The number of ether oxygens (including phenoxy) is 1. The zero-order valence-electron chi connectivity index (χ0n) is 16.9. The average molecular weight is 406 g/mol. The molecule has 2 heterocycles. The SMILES string of the molecule is N=CC(=N)CCCOC(=O)N1CCc2nc(NC3Cc4ccccc4C3)ncc2C1. The molecule has 0 radical (unpaired) electrons. The van der Waals surface area contributed by atoms with Crippen LogP contribution in [0.4, 0.5) is 10.7 Å². The monoisotopic (exact) mass is 406 g/mol. The molecule has 4 rings (SSSR count). The molecule has 30 heavy (non-hydrogen) atoms. The number of rotatable bonds is 7. The van der Waals surface area contributed by atoms with E-state index in [4.69, 9.17) is 20.5 Å². The van der Waals surface area contributed by atoms with E-state index in [-0.39, 0.29) is 18.4 Å². The predicted molar refractivity (Wildman–Crippen MR) is 114 cm³/mol. The number of aromatic nitrogens is 2. The summed E-state index contributed by atoms with van der Waals surface area (Å²) >= 11 is 0. The fraction of sp³-hybridized carbons (Fsp3) is 0.409. The summed E-state index contributed by atoms with van der Waals surface area (Å²) in [6, 6.07) is 8.82. The van der Waals surface area contributed by atoms with Crippen molar-refractivity contribution in [3.05, 3.63) is 52.8 Å². The smallest absolute Gasteiger partial charge is 0.410 e. The van der Waals surface area contributed by atoms with Gasteiger partial charge in [0.15, 0.2) is 0 Å². The molecular weight excluding hydrogens is 380 g/mol. The Labute approximate surface area is 175 Å². The van der Waals surface area contributed by atoms with Crippen LogP contribution in [0, 0.1) is 10.8 Å². The first kappa shape index (κ1) is 20.0. The number of benzene rings is 1. The summed E-state index contributed by atoms with van der Waals surface area (Å²) in [5, 5.41) is 17.9. The quantitative estimate of drug-likeness (QED) is 0.483. The molecule has 0 fully saturated rings. The topological polar surface area (TPSA) is 115 Å². The van der Waals surface area contributed by atoms with Crippen molar-refractivity contribution in [1.82, 2.24) is 14.9 Å². The van der Waals surface area contributed by atoms with Crippen molar-refractivity contribution in [1.29, 1.82) is 10.8 Å². The molecule has 0 saturated heterocycles. The van der Waals surface area contributed by atoms with Gasteiger partial charge in [0, 0.05) is 42.7 Å². The third kappa shape index (κ3) is 4.64. The van der Waals surface area contributed by atoms with Gasteiger partial charge in [-0.2, -0.15) is 0 Å². The van der Waals surface area contributed by atoms with Crippen LogP contribution in [-0.4, -0.2) is 52.1 Å². The van der Waals surface area contributed by atoms with Crippen LogP contribution in [-0.2, 0) is 30.5 Å². The number of carbonyl (C=O) groups is 1. The van der Waals surface area contributed by atoms with Gasteiger partial charge in [0.25, 0.3) is 0 Å². The maximum Gasteiger partial charge on any atom is 0.410 e. The summed E-state index contributed by atoms with van der Waals surface area (Å²) in [6.45, 7) is 1.26. The molecule has 2 aromatic rings. The Hall–Kier alpha value is -3.29. The maximum atomic E-state index is 12.3. The Morgan fingerprint density at radius 3 is 2.77 bits per heavy atom. The normalized spacial score (nSPS) is 15.3. The molecule has 156 valence electrons. The molecular formula is C22H26N6O2. The third-order valence-electron chi connectivity index (χ3n) is 5.57. The van der Waals surface area contributed by atoms with Crippen LogP contribution in [0.15, 0.2) is 30.5 Å². The molecule has 0 bridgehead atoms. The van der Waals surface area contributed by atoms with E-state index in [0.29, 0.717) is 44.3 Å². The van der Waals surface area contributed by atoms with Gasteiger partial charge < -0.3 is 25.8 Å². The first-order chi connectivity index (χ1) is 14.6. The number of hydrogen-bond acceptors (Lipinski definition) is 7. The lowest BCUT2D eigenvalue weighted by Gasteiger charge is -2.27. The first-order valence-corrected chi connectivity index (χ1v) is 10.3. The van der Waals surface area contributed by atoms with Gasteiger partial charge in [-0.3, -0.25) is 0 Å². The summed E-state index contributed by atoms with van der Waals surface area (Å²) in [5.74, 6) is 0.649. The first-order valence-electron chi connectivity index (χ1n) is 10.3. The lowest BCUT2D eigenvalue weighted by Crippen LogP contribution is -2.37. The van der Waals surface area contributed by atoms with Gasteiger partial charge >= 0.3 is 6.09 Å². The molecule has 0 unspecified atom stereocenters. The maximum absolute atomic E-state index is 12.3. The highest BCUT2D eigenvalue weighted by Crippen LogP contribution is 2.24. The molecule has 1 aliphatic carbocycles. The number of nitrogens with one attached hydrogen (secondary N) is 3. The van der Waals surface area contributed by atoms with Crippen molar-refractivity contribution in [2.75, 3.05) is 18.5 Å². The van der Waals surface area contributed by atoms with E-state index >= 15 is 0 Å². The predicted octanol–water partition coefficient (Wildman–Crippen LogP) is 3.00. The van der Waals surface area contributed by atoms with E-state index in [0.717, 1.165) is 30.3 Å². The van der Waals surface area contributed by atoms with Gasteiger partial charge in [0.1, 0.15) is 0 Å². The largest absolute Gasteiger partial charge is 0.449 e. The van der Waals surface area contributed by atoms with Gasteiger partial charge in [-0.15, -0.1) is 0 Å². The number of anilines is 1. The molecule has 2 aliphatic rings. The van der Waals surface area contributed by atoms with E-state index in [1.165, 1.54) is 11.1 Å². The van der Waals surface area contributed by atoms with Crippen LogP contribution in [0.1, 0.15) is 35.2 Å². The van der Waals surface area contributed by atoms with E-state index in [1.807, 2.05) is 0 Å². The highest BCUT2D eigenvalue weighted by atomic mass is 16.6. The minimum absolute atomic E-state index is 0.237. The highest BCUT2D eigenvalue weighted by molar-refractivity contribution is 6.27. The number of carbonyl (C=O) groups excluding carboxylic acids is 1. The van der Waals surface area contributed by atoms with E-state index < -0.39 is 0 Å². The zero-order valence-corrected chi connectivity index (χ0v) is 16.9. The molecule has 0 atom stereocenters.